The monoisotopic (exact) mass is 393 g/mol. The zero-order valence-electron chi connectivity index (χ0n) is 17.5. The van der Waals surface area contributed by atoms with Crippen molar-refractivity contribution in [3.8, 4) is 5.75 Å². The predicted octanol–water partition coefficient (Wildman–Crippen LogP) is 4.70. The molecule has 1 amide bonds. The standard InChI is InChI=1S/C25H31NO3/c1-19(2)9-14-24(27)20(3)16-18-29-23-12-10-21(11-13-23)15-17-26-25(28)22-7-5-4-6-8-22/h4-13,16,24,27H,14-15,17-18H2,1-3H3,(H,26,28). The second kappa shape index (κ2) is 11.9. The molecule has 4 nitrogen and oxygen atoms in total. The molecule has 0 aliphatic rings. The number of benzene rings is 2. The SMILES string of the molecule is CC(C)=CCC(O)C(C)=CCOc1ccc(CCNC(=O)c2ccccc2)cc1. The summed E-state index contributed by atoms with van der Waals surface area (Å²) in [7, 11) is 0. The molecule has 0 saturated carbocycles. The van der Waals surface area contributed by atoms with E-state index in [-0.39, 0.29) is 5.91 Å². The number of amides is 1. The van der Waals surface area contributed by atoms with Crippen molar-refractivity contribution in [2.75, 3.05) is 13.2 Å². The van der Waals surface area contributed by atoms with Crippen molar-refractivity contribution in [2.45, 2.75) is 39.7 Å². The lowest BCUT2D eigenvalue weighted by Gasteiger charge is -2.10. The Labute approximate surface area is 173 Å². The summed E-state index contributed by atoms with van der Waals surface area (Å²) in [6.45, 7) is 6.97. The van der Waals surface area contributed by atoms with E-state index >= 15 is 0 Å². The van der Waals surface area contributed by atoms with E-state index in [2.05, 4.69) is 5.32 Å². The number of carbonyl (C=O) groups excluding carboxylic acids is 1. The van der Waals surface area contributed by atoms with Crippen LogP contribution in [0.15, 0.2) is 77.9 Å². The zero-order valence-corrected chi connectivity index (χ0v) is 17.5. The Morgan fingerprint density at radius 2 is 1.72 bits per heavy atom. The van der Waals surface area contributed by atoms with E-state index in [1.165, 1.54) is 5.57 Å². The van der Waals surface area contributed by atoms with Crippen molar-refractivity contribution < 1.29 is 14.6 Å². The maximum absolute atomic E-state index is 12.0. The molecule has 2 N–H and O–H groups in total. The molecular weight excluding hydrogens is 362 g/mol. The predicted molar refractivity (Wildman–Crippen MR) is 118 cm³/mol. The molecule has 1 atom stereocenters. The number of aliphatic hydroxyl groups is 1. The third-order valence-electron chi connectivity index (χ3n) is 4.59. The third-order valence-corrected chi connectivity index (χ3v) is 4.59. The maximum atomic E-state index is 12.0. The van der Waals surface area contributed by atoms with E-state index in [0.29, 0.717) is 25.1 Å². The van der Waals surface area contributed by atoms with Crippen LogP contribution in [0, 0.1) is 0 Å². The van der Waals surface area contributed by atoms with Gasteiger partial charge in [0.25, 0.3) is 5.91 Å². The molecular formula is C25H31NO3. The minimum absolute atomic E-state index is 0.0560. The molecule has 0 bridgehead atoms. The average Bonchev–Trinajstić information content (AvgIpc) is 2.73. The summed E-state index contributed by atoms with van der Waals surface area (Å²) in [6, 6.07) is 17.1. The summed E-state index contributed by atoms with van der Waals surface area (Å²) in [5.41, 5.74) is 3.92. The highest BCUT2D eigenvalue weighted by Crippen LogP contribution is 2.14. The molecule has 2 rings (SSSR count). The number of carbonyl (C=O) groups is 1. The molecule has 0 spiro atoms. The number of rotatable bonds is 10. The fraction of sp³-hybridized carbons (Fsp3) is 0.320. The normalized spacial score (nSPS) is 12.2. The number of aliphatic hydroxyl groups excluding tert-OH is 1. The van der Waals surface area contributed by atoms with Crippen LogP contribution < -0.4 is 10.1 Å². The summed E-state index contributed by atoms with van der Waals surface area (Å²) < 4.78 is 5.74. The third kappa shape index (κ3) is 8.36. The summed E-state index contributed by atoms with van der Waals surface area (Å²) >= 11 is 0. The van der Waals surface area contributed by atoms with E-state index in [1.807, 2.05) is 75.4 Å². The quantitative estimate of drug-likeness (QED) is 0.575. The molecule has 0 aliphatic heterocycles. The van der Waals surface area contributed by atoms with Crippen LogP contribution in [-0.4, -0.2) is 30.3 Å². The van der Waals surface area contributed by atoms with Crippen molar-refractivity contribution in [1.29, 1.82) is 0 Å². The zero-order chi connectivity index (χ0) is 21.1. The van der Waals surface area contributed by atoms with Gasteiger partial charge >= 0.3 is 0 Å². The van der Waals surface area contributed by atoms with E-state index in [1.54, 1.807) is 12.1 Å². The Morgan fingerprint density at radius 1 is 1.03 bits per heavy atom. The van der Waals surface area contributed by atoms with Crippen LogP contribution in [-0.2, 0) is 6.42 Å². The molecule has 2 aromatic carbocycles. The van der Waals surface area contributed by atoms with Gasteiger partial charge in [-0.15, -0.1) is 0 Å². The number of nitrogens with one attached hydrogen (secondary N) is 1. The van der Waals surface area contributed by atoms with Gasteiger partial charge in [-0.05, 0) is 75.1 Å². The second-order valence-corrected chi connectivity index (χ2v) is 7.31. The topological polar surface area (TPSA) is 58.6 Å². The lowest BCUT2D eigenvalue weighted by Crippen LogP contribution is -2.25. The van der Waals surface area contributed by atoms with Crippen LogP contribution >= 0.6 is 0 Å². The van der Waals surface area contributed by atoms with Crippen molar-refractivity contribution in [3.05, 3.63) is 89.0 Å². The molecule has 1 unspecified atom stereocenters. The van der Waals surface area contributed by atoms with Crippen LogP contribution in [0.2, 0.25) is 0 Å². The van der Waals surface area contributed by atoms with E-state index < -0.39 is 6.10 Å². The molecule has 2 aromatic rings. The van der Waals surface area contributed by atoms with Crippen molar-refractivity contribution >= 4 is 5.91 Å². The fourth-order valence-corrected chi connectivity index (χ4v) is 2.70. The Morgan fingerprint density at radius 3 is 2.38 bits per heavy atom. The van der Waals surface area contributed by atoms with Crippen LogP contribution in [0.1, 0.15) is 43.1 Å². The van der Waals surface area contributed by atoms with Gasteiger partial charge in [-0.25, -0.2) is 0 Å². The number of hydrogen-bond donors (Lipinski definition) is 2. The highest BCUT2D eigenvalue weighted by Gasteiger charge is 2.05. The van der Waals surface area contributed by atoms with Gasteiger partial charge in [0.05, 0.1) is 6.10 Å². The first-order valence-corrected chi connectivity index (χ1v) is 9.99. The molecule has 4 heteroatoms. The second-order valence-electron chi connectivity index (χ2n) is 7.31. The molecule has 0 fully saturated rings. The Kier molecular flexibility index (Phi) is 9.19. The van der Waals surface area contributed by atoms with E-state index in [4.69, 9.17) is 4.74 Å². The summed E-state index contributed by atoms with van der Waals surface area (Å²) in [5, 5.41) is 13.0. The molecule has 0 radical (unpaired) electrons. The average molecular weight is 394 g/mol. The number of allylic oxidation sites excluding steroid dienone is 1. The Hall–Kier alpha value is -2.85. The minimum atomic E-state index is -0.470. The summed E-state index contributed by atoms with van der Waals surface area (Å²) in [4.78, 5) is 12.0. The van der Waals surface area contributed by atoms with Gasteiger partial charge in [0.2, 0.25) is 0 Å². The minimum Gasteiger partial charge on any atom is -0.490 e. The Bertz CT molecular complexity index is 819. The van der Waals surface area contributed by atoms with E-state index in [9.17, 15) is 9.90 Å². The fourth-order valence-electron chi connectivity index (χ4n) is 2.70. The first-order chi connectivity index (χ1) is 14.0. The Balaban J connectivity index is 1.73. The van der Waals surface area contributed by atoms with Gasteiger partial charge in [-0.1, -0.05) is 42.0 Å². The van der Waals surface area contributed by atoms with Gasteiger partial charge in [-0.2, -0.15) is 0 Å². The van der Waals surface area contributed by atoms with E-state index in [0.717, 1.165) is 23.3 Å². The lowest BCUT2D eigenvalue weighted by atomic mass is 10.1. The van der Waals surface area contributed by atoms with Crippen LogP contribution in [0.25, 0.3) is 0 Å². The van der Waals surface area contributed by atoms with Crippen molar-refractivity contribution in [1.82, 2.24) is 5.32 Å². The summed E-state index contributed by atoms with van der Waals surface area (Å²) in [6.07, 6.45) is 4.86. The molecule has 0 aliphatic carbocycles. The highest BCUT2D eigenvalue weighted by molar-refractivity contribution is 5.94. The smallest absolute Gasteiger partial charge is 0.251 e. The molecule has 29 heavy (non-hydrogen) atoms. The van der Waals surface area contributed by atoms with Crippen LogP contribution in [0.3, 0.4) is 0 Å². The first kappa shape index (κ1) is 22.4. The molecule has 0 heterocycles. The largest absolute Gasteiger partial charge is 0.490 e. The van der Waals surface area contributed by atoms with Gasteiger partial charge in [0, 0.05) is 12.1 Å². The van der Waals surface area contributed by atoms with Gasteiger partial charge in [-0.3, -0.25) is 4.79 Å². The van der Waals surface area contributed by atoms with Gasteiger partial charge in [0.1, 0.15) is 12.4 Å². The van der Waals surface area contributed by atoms with Crippen LogP contribution in [0.4, 0.5) is 0 Å². The highest BCUT2D eigenvalue weighted by atomic mass is 16.5. The van der Waals surface area contributed by atoms with Crippen LogP contribution in [0.5, 0.6) is 5.75 Å². The van der Waals surface area contributed by atoms with Crippen molar-refractivity contribution in [2.24, 2.45) is 0 Å². The molecule has 0 saturated heterocycles. The lowest BCUT2D eigenvalue weighted by molar-refractivity contribution is 0.0954. The maximum Gasteiger partial charge on any atom is 0.251 e. The first-order valence-electron chi connectivity index (χ1n) is 9.99. The van der Waals surface area contributed by atoms with Gasteiger partial charge in [0.15, 0.2) is 0 Å². The number of ether oxygens (including phenoxy) is 1. The van der Waals surface area contributed by atoms with Crippen molar-refractivity contribution in [3.63, 3.8) is 0 Å². The molecule has 154 valence electrons. The molecule has 0 aromatic heterocycles. The number of hydrogen-bond acceptors (Lipinski definition) is 3. The summed E-state index contributed by atoms with van der Waals surface area (Å²) in [5.74, 6) is 0.726. The van der Waals surface area contributed by atoms with Gasteiger partial charge < -0.3 is 15.2 Å².